The Morgan fingerprint density at radius 3 is 2.90 bits per heavy atom. The van der Waals surface area contributed by atoms with E-state index in [1.54, 1.807) is 6.20 Å². The SMILES string of the molecule is CCC(CC)(CO)CNC(=O)c1cnc(C2CCCO2)s1. The number of carbonyl (C=O) groups excluding carboxylic acids is 1. The van der Waals surface area contributed by atoms with Gasteiger partial charge in [0.25, 0.3) is 5.91 Å². The summed E-state index contributed by atoms with van der Waals surface area (Å²) in [6.07, 6.45) is 5.38. The largest absolute Gasteiger partial charge is 0.396 e. The molecule has 2 N–H and O–H groups in total. The summed E-state index contributed by atoms with van der Waals surface area (Å²) in [6.45, 7) is 5.42. The highest BCUT2D eigenvalue weighted by atomic mass is 32.1. The number of rotatable bonds is 7. The van der Waals surface area contributed by atoms with Gasteiger partial charge >= 0.3 is 0 Å². The molecule has 0 bridgehead atoms. The molecule has 0 spiro atoms. The Kier molecular flexibility index (Phi) is 5.72. The third-order valence-corrected chi connectivity index (χ3v) is 5.50. The third kappa shape index (κ3) is 3.81. The standard InChI is InChI=1S/C15H24N2O3S/c1-3-15(4-2,10-18)9-17-13(19)12-8-16-14(21-12)11-6-5-7-20-11/h8,11,18H,3-7,9-10H2,1-2H3,(H,17,19). The van der Waals surface area contributed by atoms with Crippen LogP contribution in [0.3, 0.4) is 0 Å². The second-order valence-electron chi connectivity index (χ2n) is 5.61. The first-order valence-electron chi connectivity index (χ1n) is 7.60. The summed E-state index contributed by atoms with van der Waals surface area (Å²) in [7, 11) is 0. The molecule has 1 unspecified atom stereocenters. The summed E-state index contributed by atoms with van der Waals surface area (Å²) in [6, 6.07) is 0. The second-order valence-corrected chi connectivity index (χ2v) is 6.67. The van der Waals surface area contributed by atoms with Crippen molar-refractivity contribution >= 4 is 17.2 Å². The molecule has 21 heavy (non-hydrogen) atoms. The smallest absolute Gasteiger partial charge is 0.263 e. The molecule has 1 aromatic rings. The number of thiazole rings is 1. The molecule has 118 valence electrons. The van der Waals surface area contributed by atoms with Gasteiger partial charge in [-0.15, -0.1) is 11.3 Å². The van der Waals surface area contributed by atoms with Gasteiger partial charge in [-0.3, -0.25) is 4.79 Å². The van der Waals surface area contributed by atoms with Gasteiger partial charge in [-0.2, -0.15) is 0 Å². The topological polar surface area (TPSA) is 71.5 Å². The Balaban J connectivity index is 1.94. The molecule has 1 aromatic heterocycles. The molecule has 2 heterocycles. The average Bonchev–Trinajstić information content (AvgIpc) is 3.20. The maximum atomic E-state index is 12.2. The summed E-state index contributed by atoms with van der Waals surface area (Å²) >= 11 is 1.40. The fourth-order valence-corrected chi connectivity index (χ4v) is 3.37. The zero-order valence-electron chi connectivity index (χ0n) is 12.7. The molecule has 0 aromatic carbocycles. The van der Waals surface area contributed by atoms with Crippen LogP contribution in [0.15, 0.2) is 6.20 Å². The number of nitrogens with one attached hydrogen (secondary N) is 1. The highest BCUT2D eigenvalue weighted by Crippen LogP contribution is 2.31. The molecule has 1 amide bonds. The van der Waals surface area contributed by atoms with Crippen molar-refractivity contribution < 1.29 is 14.6 Å². The van der Waals surface area contributed by atoms with E-state index >= 15 is 0 Å². The molecule has 1 fully saturated rings. The molecule has 5 nitrogen and oxygen atoms in total. The highest BCUT2D eigenvalue weighted by Gasteiger charge is 2.27. The average molecular weight is 312 g/mol. The lowest BCUT2D eigenvalue weighted by atomic mass is 9.83. The van der Waals surface area contributed by atoms with Crippen LogP contribution in [0.25, 0.3) is 0 Å². The number of hydrogen-bond acceptors (Lipinski definition) is 5. The van der Waals surface area contributed by atoms with E-state index in [0.717, 1.165) is 37.3 Å². The number of aliphatic hydroxyl groups excluding tert-OH is 1. The van der Waals surface area contributed by atoms with E-state index in [0.29, 0.717) is 11.4 Å². The van der Waals surface area contributed by atoms with E-state index in [1.807, 2.05) is 13.8 Å². The second kappa shape index (κ2) is 7.33. The van der Waals surface area contributed by atoms with E-state index in [4.69, 9.17) is 4.74 Å². The van der Waals surface area contributed by atoms with Crippen LogP contribution in [0.1, 0.15) is 60.3 Å². The lowest BCUT2D eigenvalue weighted by Gasteiger charge is -2.29. The van der Waals surface area contributed by atoms with Gasteiger partial charge in [-0.1, -0.05) is 13.8 Å². The molecule has 1 aliphatic rings. The summed E-state index contributed by atoms with van der Waals surface area (Å²) in [5, 5.41) is 13.3. The van der Waals surface area contributed by atoms with Gasteiger partial charge in [0.15, 0.2) is 0 Å². The van der Waals surface area contributed by atoms with E-state index < -0.39 is 0 Å². The van der Waals surface area contributed by atoms with Crippen LogP contribution in [-0.2, 0) is 4.74 Å². The summed E-state index contributed by atoms with van der Waals surface area (Å²) in [5.74, 6) is -0.114. The molecule has 1 saturated heterocycles. The Labute approximate surface area is 129 Å². The number of nitrogens with zero attached hydrogens (tertiary/aromatic N) is 1. The first-order valence-corrected chi connectivity index (χ1v) is 8.42. The fraction of sp³-hybridized carbons (Fsp3) is 0.733. The number of aromatic nitrogens is 1. The molecule has 1 aliphatic heterocycles. The van der Waals surface area contributed by atoms with Crippen LogP contribution >= 0.6 is 11.3 Å². The minimum Gasteiger partial charge on any atom is -0.396 e. The molecule has 1 atom stereocenters. The van der Waals surface area contributed by atoms with Gasteiger partial charge in [-0.05, 0) is 25.7 Å². The summed E-state index contributed by atoms with van der Waals surface area (Å²) < 4.78 is 5.58. The molecule has 6 heteroatoms. The number of amides is 1. The minimum absolute atomic E-state index is 0.0550. The fourth-order valence-electron chi connectivity index (χ4n) is 2.45. The van der Waals surface area contributed by atoms with Crippen LogP contribution in [-0.4, -0.2) is 35.8 Å². The maximum absolute atomic E-state index is 12.2. The predicted molar refractivity (Wildman–Crippen MR) is 82.5 cm³/mol. The van der Waals surface area contributed by atoms with Gasteiger partial charge in [0.2, 0.25) is 0 Å². The van der Waals surface area contributed by atoms with Crippen LogP contribution in [0.5, 0.6) is 0 Å². The highest BCUT2D eigenvalue weighted by molar-refractivity contribution is 7.13. The molecular weight excluding hydrogens is 288 g/mol. The Morgan fingerprint density at radius 1 is 1.57 bits per heavy atom. The Morgan fingerprint density at radius 2 is 2.33 bits per heavy atom. The predicted octanol–water partition coefficient (Wildman–Crippen LogP) is 2.52. The van der Waals surface area contributed by atoms with Gasteiger partial charge in [-0.25, -0.2) is 4.98 Å². The van der Waals surface area contributed by atoms with Gasteiger partial charge in [0.1, 0.15) is 16.0 Å². The number of hydrogen-bond donors (Lipinski definition) is 2. The van der Waals surface area contributed by atoms with Crippen molar-refractivity contribution in [3.63, 3.8) is 0 Å². The van der Waals surface area contributed by atoms with Crippen LogP contribution < -0.4 is 5.32 Å². The van der Waals surface area contributed by atoms with Gasteiger partial charge < -0.3 is 15.2 Å². The van der Waals surface area contributed by atoms with Gasteiger partial charge in [0, 0.05) is 18.6 Å². The lowest BCUT2D eigenvalue weighted by molar-refractivity contribution is 0.0854. The van der Waals surface area contributed by atoms with Gasteiger partial charge in [0.05, 0.1) is 12.8 Å². The van der Waals surface area contributed by atoms with Crippen molar-refractivity contribution in [3.05, 3.63) is 16.1 Å². The molecular formula is C15H24N2O3S. The van der Waals surface area contributed by atoms with E-state index in [2.05, 4.69) is 10.3 Å². The van der Waals surface area contributed by atoms with E-state index in [9.17, 15) is 9.90 Å². The monoisotopic (exact) mass is 312 g/mol. The van der Waals surface area contributed by atoms with Crippen molar-refractivity contribution in [2.24, 2.45) is 5.41 Å². The normalized spacial score (nSPS) is 18.9. The van der Waals surface area contributed by atoms with Crippen molar-refractivity contribution in [2.75, 3.05) is 19.8 Å². The van der Waals surface area contributed by atoms with Crippen LogP contribution in [0.4, 0.5) is 0 Å². The summed E-state index contributed by atoms with van der Waals surface area (Å²) in [4.78, 5) is 17.1. The first kappa shape index (κ1) is 16.4. The molecule has 2 rings (SSSR count). The van der Waals surface area contributed by atoms with Crippen molar-refractivity contribution in [1.29, 1.82) is 0 Å². The number of carbonyl (C=O) groups is 1. The van der Waals surface area contributed by atoms with Crippen molar-refractivity contribution in [2.45, 2.75) is 45.6 Å². The zero-order valence-corrected chi connectivity index (χ0v) is 13.5. The van der Waals surface area contributed by atoms with E-state index in [-0.39, 0.29) is 24.0 Å². The van der Waals surface area contributed by atoms with Crippen LogP contribution in [0.2, 0.25) is 0 Å². The van der Waals surface area contributed by atoms with Crippen molar-refractivity contribution in [1.82, 2.24) is 10.3 Å². The lowest BCUT2D eigenvalue weighted by Crippen LogP contribution is -2.39. The summed E-state index contributed by atoms with van der Waals surface area (Å²) in [5.41, 5.74) is -0.224. The third-order valence-electron chi connectivity index (χ3n) is 4.41. The number of ether oxygens (including phenoxy) is 1. The quantitative estimate of drug-likeness (QED) is 0.811. The Hall–Kier alpha value is -0.980. The minimum atomic E-state index is -0.224. The number of aliphatic hydroxyl groups is 1. The van der Waals surface area contributed by atoms with E-state index in [1.165, 1.54) is 11.3 Å². The molecule has 0 radical (unpaired) electrons. The molecule has 0 saturated carbocycles. The first-order chi connectivity index (χ1) is 10.1. The molecule has 0 aliphatic carbocycles. The van der Waals surface area contributed by atoms with Crippen molar-refractivity contribution in [3.8, 4) is 0 Å². The Bertz CT molecular complexity index is 457. The van der Waals surface area contributed by atoms with Crippen LogP contribution in [0, 0.1) is 5.41 Å². The maximum Gasteiger partial charge on any atom is 0.263 e. The zero-order chi connectivity index (χ0) is 15.3.